The van der Waals surface area contributed by atoms with Crippen LogP contribution in [0.15, 0.2) is 48.5 Å². The maximum atomic E-state index is 14.8. The van der Waals surface area contributed by atoms with Gasteiger partial charge in [0.25, 0.3) is 0 Å². The lowest BCUT2D eigenvalue weighted by molar-refractivity contribution is -0.163. The SMILES string of the molecule is CCc1ccc(NC(=O)N[C@@H](Cc2cccc(C)c2)C(=O)N[C@@H]2C(=O)N3C[C@H](O)C[C@H]3C(=O)N3CCCC[C@H]3C(=O)N[C@@H](C)C(=O)N3C[C@@H](C)C[C@H]3C(=O)O[C@H]2C)cc1. The van der Waals surface area contributed by atoms with Crippen LogP contribution in [0.2, 0.25) is 0 Å². The molecule has 9 atom stereocenters. The summed E-state index contributed by atoms with van der Waals surface area (Å²) in [5.74, 6) is -4.02. The van der Waals surface area contributed by atoms with Crippen LogP contribution in [-0.4, -0.2) is 129 Å². The lowest BCUT2D eigenvalue weighted by Crippen LogP contribution is -2.63. The molecule has 6 rings (SSSR count). The van der Waals surface area contributed by atoms with Crippen LogP contribution < -0.4 is 21.3 Å². The summed E-state index contributed by atoms with van der Waals surface area (Å²) in [6, 6.07) is 7.01. The molecule has 318 valence electrons. The summed E-state index contributed by atoms with van der Waals surface area (Å²) in [5, 5.41) is 21.9. The van der Waals surface area contributed by atoms with Crippen molar-refractivity contribution in [2.75, 3.05) is 25.0 Å². The van der Waals surface area contributed by atoms with Crippen molar-refractivity contribution in [2.24, 2.45) is 5.92 Å². The molecule has 4 aliphatic rings. The molecule has 0 aliphatic carbocycles. The van der Waals surface area contributed by atoms with E-state index in [4.69, 9.17) is 4.74 Å². The number of rotatable bonds is 7. The molecule has 59 heavy (non-hydrogen) atoms. The number of fused-ring (bicyclic) bond motifs is 3. The highest BCUT2D eigenvalue weighted by molar-refractivity contribution is 5.99. The molecule has 16 heteroatoms. The molecule has 0 saturated carbocycles. The van der Waals surface area contributed by atoms with E-state index >= 15 is 0 Å². The minimum Gasteiger partial charge on any atom is -0.458 e. The van der Waals surface area contributed by atoms with Crippen molar-refractivity contribution in [3.05, 3.63) is 65.2 Å². The fourth-order valence-electron chi connectivity index (χ4n) is 8.66. The van der Waals surface area contributed by atoms with E-state index in [1.807, 2.05) is 57.2 Å². The number of aryl methyl sites for hydroxylation is 2. The minimum absolute atomic E-state index is 0.0297. The van der Waals surface area contributed by atoms with Gasteiger partial charge in [0.15, 0.2) is 0 Å². The summed E-state index contributed by atoms with van der Waals surface area (Å²) in [4.78, 5) is 103. The number of carbonyl (C=O) groups excluding carboxylic acids is 7. The molecule has 5 N–H and O–H groups in total. The van der Waals surface area contributed by atoms with Crippen LogP contribution >= 0.6 is 0 Å². The van der Waals surface area contributed by atoms with Crippen LogP contribution in [0.25, 0.3) is 0 Å². The summed E-state index contributed by atoms with van der Waals surface area (Å²) >= 11 is 0. The molecule has 0 radical (unpaired) electrons. The Balaban J connectivity index is 1.34. The second-order valence-corrected chi connectivity index (χ2v) is 16.5. The first-order valence-electron chi connectivity index (χ1n) is 20.8. The molecular formula is C43H57N7O9. The molecule has 2 aromatic rings. The van der Waals surface area contributed by atoms with E-state index in [9.17, 15) is 38.7 Å². The van der Waals surface area contributed by atoms with Gasteiger partial charge in [0.1, 0.15) is 42.4 Å². The Kier molecular flexibility index (Phi) is 13.6. The van der Waals surface area contributed by atoms with E-state index in [0.29, 0.717) is 24.9 Å². The number of benzene rings is 2. The van der Waals surface area contributed by atoms with Gasteiger partial charge >= 0.3 is 12.0 Å². The number of hydrogen-bond acceptors (Lipinski definition) is 9. The lowest BCUT2D eigenvalue weighted by Gasteiger charge is -2.39. The lowest BCUT2D eigenvalue weighted by atomic mass is 9.98. The number of nitrogens with one attached hydrogen (secondary N) is 4. The first-order chi connectivity index (χ1) is 28.1. The van der Waals surface area contributed by atoms with E-state index in [2.05, 4.69) is 21.3 Å². The van der Waals surface area contributed by atoms with Crippen LogP contribution in [0.1, 0.15) is 76.5 Å². The summed E-state index contributed by atoms with van der Waals surface area (Å²) in [7, 11) is 0. The summed E-state index contributed by atoms with van der Waals surface area (Å²) in [5.41, 5.74) is 3.23. The molecule has 4 heterocycles. The molecule has 0 aromatic heterocycles. The Morgan fingerprint density at radius 2 is 1.59 bits per heavy atom. The average molecular weight is 816 g/mol. The van der Waals surface area contributed by atoms with E-state index in [0.717, 1.165) is 23.1 Å². The quantitative estimate of drug-likeness (QED) is 0.258. The molecule has 4 fully saturated rings. The molecule has 4 saturated heterocycles. The second-order valence-electron chi connectivity index (χ2n) is 16.5. The fraction of sp³-hybridized carbons (Fsp3) is 0.558. The third kappa shape index (κ3) is 10.0. The number of esters is 1. The zero-order valence-electron chi connectivity index (χ0n) is 34.4. The molecule has 16 nitrogen and oxygen atoms in total. The molecular weight excluding hydrogens is 759 g/mol. The van der Waals surface area contributed by atoms with Gasteiger partial charge in [0.05, 0.1) is 6.10 Å². The van der Waals surface area contributed by atoms with Crippen molar-refractivity contribution >= 4 is 47.2 Å². The van der Waals surface area contributed by atoms with Crippen LogP contribution in [0, 0.1) is 12.8 Å². The normalized spacial score (nSPS) is 28.5. The van der Waals surface area contributed by atoms with Crippen molar-refractivity contribution in [3.63, 3.8) is 0 Å². The van der Waals surface area contributed by atoms with Gasteiger partial charge in [-0.05, 0) is 82.1 Å². The highest BCUT2D eigenvalue weighted by Gasteiger charge is 2.49. The zero-order chi connectivity index (χ0) is 42.5. The molecule has 4 aliphatic heterocycles. The first-order valence-corrected chi connectivity index (χ1v) is 20.8. The predicted octanol–water partition coefficient (Wildman–Crippen LogP) is 1.80. The van der Waals surface area contributed by atoms with Crippen LogP contribution in [0.5, 0.6) is 0 Å². The molecule has 2 aromatic carbocycles. The molecule has 0 bridgehead atoms. The smallest absolute Gasteiger partial charge is 0.329 e. The fourth-order valence-corrected chi connectivity index (χ4v) is 8.66. The van der Waals surface area contributed by atoms with Crippen LogP contribution in [-0.2, 0) is 46.3 Å². The maximum absolute atomic E-state index is 14.8. The van der Waals surface area contributed by atoms with Gasteiger partial charge in [-0.2, -0.15) is 0 Å². The highest BCUT2D eigenvalue weighted by atomic mass is 16.5. The van der Waals surface area contributed by atoms with E-state index in [-0.39, 0.29) is 44.8 Å². The Labute approximate surface area is 344 Å². The summed E-state index contributed by atoms with van der Waals surface area (Å²) in [6.45, 7) is 8.98. The zero-order valence-corrected chi connectivity index (χ0v) is 34.4. The number of anilines is 1. The minimum atomic E-state index is -1.59. The standard InChI is InChI=1S/C43H57N7O9/c1-6-28-13-15-30(16-14-28)45-43(58)46-32(20-29-11-9-10-24(2)18-29)37(52)47-36-27(5)59-42(57)35-19-25(3)22-49(35)39(54)26(4)44-38(53)33-12-7-8-17-48(33)40(55)34-21-31(51)23-50(34)41(36)56/h9-11,13-16,18,25-27,31-36,51H,6-8,12,17,19-23H2,1-5H3,(H,44,53)(H,47,52)(H2,45,46,58)/t25-,26-,27-,31+,32-,33-,34-,35-,36-/m0/s1. The third-order valence-corrected chi connectivity index (χ3v) is 11.8. The third-order valence-electron chi connectivity index (χ3n) is 11.8. The van der Waals surface area contributed by atoms with E-state index in [1.165, 1.54) is 28.5 Å². The van der Waals surface area contributed by atoms with Crippen molar-refractivity contribution in [2.45, 2.75) is 128 Å². The second kappa shape index (κ2) is 18.6. The number of amides is 7. The largest absolute Gasteiger partial charge is 0.458 e. The number of urea groups is 1. The van der Waals surface area contributed by atoms with Gasteiger partial charge in [-0.1, -0.05) is 55.8 Å². The number of hydrogen-bond donors (Lipinski definition) is 5. The number of aliphatic hydroxyl groups is 1. The van der Waals surface area contributed by atoms with Gasteiger partial charge in [0, 0.05) is 38.2 Å². The number of carbonyl (C=O) groups is 7. The molecule has 0 spiro atoms. The van der Waals surface area contributed by atoms with Crippen molar-refractivity contribution in [1.29, 1.82) is 0 Å². The number of aliphatic hydroxyl groups excluding tert-OH is 1. The number of piperidine rings is 1. The number of nitrogens with zero attached hydrogens (tertiary/aromatic N) is 3. The van der Waals surface area contributed by atoms with Gasteiger partial charge < -0.3 is 45.8 Å². The number of ether oxygens (including phenoxy) is 1. The Morgan fingerprint density at radius 1 is 0.864 bits per heavy atom. The number of cyclic esters (lactones) is 1. The van der Waals surface area contributed by atoms with Crippen molar-refractivity contribution < 1.29 is 43.4 Å². The van der Waals surface area contributed by atoms with Crippen LogP contribution in [0.4, 0.5) is 10.5 Å². The Morgan fingerprint density at radius 3 is 2.31 bits per heavy atom. The van der Waals surface area contributed by atoms with Crippen molar-refractivity contribution in [1.82, 2.24) is 30.7 Å². The van der Waals surface area contributed by atoms with Gasteiger partial charge in [-0.3, -0.25) is 24.0 Å². The Hall–Kier alpha value is -5.51. The maximum Gasteiger partial charge on any atom is 0.329 e. The highest BCUT2D eigenvalue weighted by Crippen LogP contribution is 2.29. The topological polar surface area (TPSA) is 207 Å². The predicted molar refractivity (Wildman–Crippen MR) is 216 cm³/mol. The molecule has 0 unspecified atom stereocenters. The summed E-state index contributed by atoms with van der Waals surface area (Å²) in [6.07, 6.45) is 0.163. The van der Waals surface area contributed by atoms with Gasteiger partial charge in [-0.15, -0.1) is 0 Å². The average Bonchev–Trinajstić information content (AvgIpc) is 3.81. The van der Waals surface area contributed by atoms with Crippen molar-refractivity contribution in [3.8, 4) is 0 Å². The Bertz CT molecular complexity index is 1920. The van der Waals surface area contributed by atoms with E-state index in [1.54, 1.807) is 12.1 Å². The monoisotopic (exact) mass is 815 g/mol. The van der Waals surface area contributed by atoms with Crippen LogP contribution in [0.3, 0.4) is 0 Å². The molecule has 7 amide bonds. The van der Waals surface area contributed by atoms with Gasteiger partial charge in [-0.25, -0.2) is 9.59 Å². The summed E-state index contributed by atoms with van der Waals surface area (Å²) < 4.78 is 5.94. The van der Waals surface area contributed by atoms with E-state index < -0.39 is 90.0 Å². The van der Waals surface area contributed by atoms with Gasteiger partial charge in [0.2, 0.25) is 29.5 Å². The first kappa shape index (κ1) is 43.1.